The molecule has 94 valence electrons. The highest BCUT2D eigenvalue weighted by molar-refractivity contribution is 5.94. The summed E-state index contributed by atoms with van der Waals surface area (Å²) in [6, 6.07) is 7.46. The number of benzene rings is 1. The first-order valence-electron chi connectivity index (χ1n) is 5.70. The third-order valence-corrected chi connectivity index (χ3v) is 2.62. The van der Waals surface area contributed by atoms with Crippen LogP contribution in [0.2, 0.25) is 0 Å². The van der Waals surface area contributed by atoms with Crippen LogP contribution in [0.4, 0.5) is 5.69 Å². The van der Waals surface area contributed by atoms with Gasteiger partial charge in [0.05, 0.1) is 6.54 Å². The highest BCUT2D eigenvalue weighted by Crippen LogP contribution is 2.12. The first-order chi connectivity index (χ1) is 8.66. The van der Waals surface area contributed by atoms with Crippen molar-refractivity contribution in [3.05, 3.63) is 48.0 Å². The number of rotatable bonds is 4. The van der Waals surface area contributed by atoms with Crippen LogP contribution in [-0.4, -0.2) is 30.0 Å². The lowest BCUT2D eigenvalue weighted by molar-refractivity contribution is 0.0950. The fourth-order valence-corrected chi connectivity index (χ4v) is 1.57. The second kappa shape index (κ2) is 5.35. The minimum Gasteiger partial charge on any atom is -0.378 e. The van der Waals surface area contributed by atoms with Gasteiger partial charge in [-0.15, -0.1) is 0 Å². The minimum atomic E-state index is -0.100. The SMILES string of the molecule is CN(C)c1ccc(C(=O)NCc2ncc[nH]2)cc1. The van der Waals surface area contributed by atoms with Crippen molar-refractivity contribution in [1.29, 1.82) is 0 Å². The molecule has 0 aliphatic rings. The van der Waals surface area contributed by atoms with Crippen LogP contribution < -0.4 is 10.2 Å². The number of carbonyl (C=O) groups is 1. The average molecular weight is 244 g/mol. The Morgan fingerprint density at radius 2 is 2.06 bits per heavy atom. The van der Waals surface area contributed by atoms with Crippen LogP contribution in [0.5, 0.6) is 0 Å². The van der Waals surface area contributed by atoms with Crippen molar-refractivity contribution in [2.75, 3.05) is 19.0 Å². The van der Waals surface area contributed by atoms with Gasteiger partial charge in [0.25, 0.3) is 5.91 Å². The molecule has 0 atom stereocenters. The Kier molecular flexibility index (Phi) is 3.62. The Morgan fingerprint density at radius 1 is 1.33 bits per heavy atom. The van der Waals surface area contributed by atoms with Crippen LogP contribution in [-0.2, 0) is 6.54 Å². The number of anilines is 1. The summed E-state index contributed by atoms with van der Waals surface area (Å²) in [4.78, 5) is 20.8. The van der Waals surface area contributed by atoms with E-state index in [-0.39, 0.29) is 5.91 Å². The molecular formula is C13H16N4O. The third kappa shape index (κ3) is 2.88. The van der Waals surface area contributed by atoms with Gasteiger partial charge in [0, 0.05) is 37.7 Å². The molecule has 0 fully saturated rings. The van der Waals surface area contributed by atoms with Gasteiger partial charge in [-0.1, -0.05) is 0 Å². The lowest BCUT2D eigenvalue weighted by Gasteiger charge is -2.12. The standard InChI is InChI=1S/C13H16N4O/c1-17(2)11-5-3-10(4-6-11)13(18)16-9-12-14-7-8-15-12/h3-8H,9H2,1-2H3,(H,14,15)(H,16,18). The number of nitrogens with one attached hydrogen (secondary N) is 2. The maximum atomic E-state index is 11.9. The number of H-pyrrole nitrogens is 1. The van der Waals surface area contributed by atoms with Gasteiger partial charge in [0.1, 0.15) is 5.82 Å². The number of amides is 1. The van der Waals surface area contributed by atoms with Crippen molar-refractivity contribution in [1.82, 2.24) is 15.3 Å². The first-order valence-corrected chi connectivity index (χ1v) is 5.70. The fraction of sp³-hybridized carbons (Fsp3) is 0.231. The van der Waals surface area contributed by atoms with Gasteiger partial charge in [-0.05, 0) is 24.3 Å². The smallest absolute Gasteiger partial charge is 0.251 e. The number of aromatic amines is 1. The van der Waals surface area contributed by atoms with Crippen LogP contribution in [0, 0.1) is 0 Å². The Hall–Kier alpha value is -2.30. The summed E-state index contributed by atoms with van der Waals surface area (Å²) in [5.74, 6) is 0.643. The molecule has 0 aliphatic heterocycles. The van der Waals surface area contributed by atoms with E-state index in [4.69, 9.17) is 0 Å². The van der Waals surface area contributed by atoms with E-state index in [1.165, 1.54) is 0 Å². The summed E-state index contributed by atoms with van der Waals surface area (Å²) in [6.07, 6.45) is 3.39. The molecule has 1 amide bonds. The van der Waals surface area contributed by atoms with E-state index in [9.17, 15) is 4.79 Å². The quantitative estimate of drug-likeness (QED) is 0.854. The summed E-state index contributed by atoms with van der Waals surface area (Å²) >= 11 is 0. The molecule has 0 bridgehead atoms. The number of carbonyl (C=O) groups excluding carboxylic acids is 1. The molecule has 0 saturated carbocycles. The topological polar surface area (TPSA) is 61.0 Å². The summed E-state index contributed by atoms with van der Waals surface area (Å²) in [5.41, 5.74) is 1.71. The van der Waals surface area contributed by atoms with E-state index in [0.717, 1.165) is 11.5 Å². The lowest BCUT2D eigenvalue weighted by Crippen LogP contribution is -2.23. The number of imidazole rings is 1. The second-order valence-corrected chi connectivity index (χ2v) is 4.16. The highest BCUT2D eigenvalue weighted by atomic mass is 16.1. The average Bonchev–Trinajstić information content (AvgIpc) is 2.89. The zero-order valence-corrected chi connectivity index (χ0v) is 10.5. The monoisotopic (exact) mass is 244 g/mol. The summed E-state index contributed by atoms with van der Waals surface area (Å²) < 4.78 is 0. The van der Waals surface area contributed by atoms with Crippen LogP contribution >= 0.6 is 0 Å². The largest absolute Gasteiger partial charge is 0.378 e. The molecule has 0 unspecified atom stereocenters. The molecular weight excluding hydrogens is 228 g/mol. The summed E-state index contributed by atoms with van der Waals surface area (Å²) in [5, 5.41) is 2.80. The fourth-order valence-electron chi connectivity index (χ4n) is 1.57. The van der Waals surface area contributed by atoms with E-state index in [2.05, 4.69) is 15.3 Å². The van der Waals surface area contributed by atoms with Crippen molar-refractivity contribution < 1.29 is 4.79 Å². The summed E-state index contributed by atoms with van der Waals surface area (Å²) in [6.45, 7) is 0.404. The number of nitrogens with zero attached hydrogens (tertiary/aromatic N) is 2. The van der Waals surface area contributed by atoms with Crippen LogP contribution in [0.1, 0.15) is 16.2 Å². The van der Waals surface area contributed by atoms with Crippen LogP contribution in [0.25, 0.3) is 0 Å². The Labute approximate surface area is 106 Å². The lowest BCUT2D eigenvalue weighted by atomic mass is 10.2. The number of aromatic nitrogens is 2. The first kappa shape index (κ1) is 12.2. The molecule has 1 aromatic heterocycles. The molecule has 5 nitrogen and oxygen atoms in total. The van der Waals surface area contributed by atoms with Crippen molar-refractivity contribution in [3.8, 4) is 0 Å². The molecule has 2 aromatic rings. The van der Waals surface area contributed by atoms with Gasteiger partial charge in [-0.3, -0.25) is 4.79 Å². The highest BCUT2D eigenvalue weighted by Gasteiger charge is 2.06. The molecule has 1 aromatic carbocycles. The van der Waals surface area contributed by atoms with E-state index in [1.54, 1.807) is 12.4 Å². The predicted molar refractivity (Wildman–Crippen MR) is 70.5 cm³/mol. The molecule has 2 N–H and O–H groups in total. The zero-order chi connectivity index (χ0) is 13.0. The maximum Gasteiger partial charge on any atom is 0.251 e. The van der Waals surface area contributed by atoms with Crippen molar-refractivity contribution in [3.63, 3.8) is 0 Å². The maximum absolute atomic E-state index is 11.9. The molecule has 5 heteroatoms. The molecule has 0 spiro atoms. The third-order valence-electron chi connectivity index (χ3n) is 2.62. The Bertz CT molecular complexity index is 502. The van der Waals surface area contributed by atoms with E-state index < -0.39 is 0 Å². The number of hydrogen-bond acceptors (Lipinski definition) is 3. The molecule has 18 heavy (non-hydrogen) atoms. The molecule has 0 aliphatic carbocycles. The zero-order valence-electron chi connectivity index (χ0n) is 10.5. The van der Waals surface area contributed by atoms with Gasteiger partial charge >= 0.3 is 0 Å². The van der Waals surface area contributed by atoms with Gasteiger partial charge in [-0.2, -0.15) is 0 Å². The van der Waals surface area contributed by atoms with Crippen molar-refractivity contribution >= 4 is 11.6 Å². The van der Waals surface area contributed by atoms with Crippen LogP contribution in [0.3, 0.4) is 0 Å². The van der Waals surface area contributed by atoms with Gasteiger partial charge in [-0.25, -0.2) is 4.98 Å². The molecule has 1 heterocycles. The van der Waals surface area contributed by atoms with E-state index >= 15 is 0 Å². The second-order valence-electron chi connectivity index (χ2n) is 4.16. The molecule has 0 saturated heterocycles. The summed E-state index contributed by atoms with van der Waals surface area (Å²) in [7, 11) is 3.93. The van der Waals surface area contributed by atoms with Gasteiger partial charge in [0.15, 0.2) is 0 Å². The van der Waals surface area contributed by atoms with Gasteiger partial charge in [0.2, 0.25) is 0 Å². The van der Waals surface area contributed by atoms with Gasteiger partial charge < -0.3 is 15.2 Å². The Balaban J connectivity index is 1.96. The minimum absolute atomic E-state index is 0.100. The van der Waals surface area contributed by atoms with E-state index in [1.807, 2.05) is 43.3 Å². The Morgan fingerprint density at radius 3 is 2.61 bits per heavy atom. The van der Waals surface area contributed by atoms with Crippen molar-refractivity contribution in [2.45, 2.75) is 6.54 Å². The molecule has 0 radical (unpaired) electrons. The normalized spacial score (nSPS) is 10.1. The van der Waals surface area contributed by atoms with Crippen LogP contribution in [0.15, 0.2) is 36.7 Å². The number of hydrogen-bond donors (Lipinski definition) is 2. The van der Waals surface area contributed by atoms with E-state index in [0.29, 0.717) is 12.1 Å². The molecule has 2 rings (SSSR count). The predicted octanol–water partition coefficient (Wildman–Crippen LogP) is 1.41. The van der Waals surface area contributed by atoms with Crippen molar-refractivity contribution in [2.24, 2.45) is 0 Å².